The molecule has 0 spiro atoms. The zero-order chi connectivity index (χ0) is 32.1. The van der Waals surface area contributed by atoms with Crippen molar-refractivity contribution in [3.05, 3.63) is 93.2 Å². The van der Waals surface area contributed by atoms with E-state index >= 15 is 0 Å². The van der Waals surface area contributed by atoms with Crippen molar-refractivity contribution in [3.8, 4) is 5.75 Å². The summed E-state index contributed by atoms with van der Waals surface area (Å²) >= 11 is 12.4. The van der Waals surface area contributed by atoms with Gasteiger partial charge in [0.25, 0.3) is 0 Å². The number of hydrogen-bond acceptors (Lipinski definition) is 5. The fraction of sp³-hybridized carbons (Fsp3) is 0.412. The highest BCUT2D eigenvalue weighted by Crippen LogP contribution is 2.54. The number of rotatable bonds is 7. The van der Waals surface area contributed by atoms with Crippen LogP contribution in [0.1, 0.15) is 62.1 Å². The zero-order valence-electron chi connectivity index (χ0n) is 24.8. The second kappa shape index (κ2) is 11.9. The molecule has 0 aromatic heterocycles. The maximum Gasteiger partial charge on any atom is 0.306 e. The number of hydrogen-bond donors (Lipinski definition) is 1. The molecule has 7 nitrogen and oxygen atoms in total. The summed E-state index contributed by atoms with van der Waals surface area (Å²) in [7, 11) is -4.12. The standard InChI is InChI=1S/C34H34Cl2FNO6S/c1-33(14-12-21(13-15-33)31(39)40)32(41)38-17-16-34(45(42,43)27-7-4-25(37)5-8-27)28-9-6-26(19-22(28)2-11-30(34)38)44-20-23-18-24(35)3-10-29(23)36/h3-10,18-19,21,30H,2,11-17,20H2,1H3,(H,39,40)/t21-,30-,33-,34-/m1/s1. The lowest BCUT2D eigenvalue weighted by Crippen LogP contribution is -2.55. The molecule has 0 radical (unpaired) electrons. The number of carbonyl (C=O) groups is 2. The van der Waals surface area contributed by atoms with E-state index < -0.39 is 43.7 Å². The lowest BCUT2D eigenvalue weighted by molar-refractivity contribution is -0.150. The predicted octanol–water partition coefficient (Wildman–Crippen LogP) is 7.21. The number of sulfone groups is 1. The van der Waals surface area contributed by atoms with Gasteiger partial charge in [0.15, 0.2) is 9.84 Å². The summed E-state index contributed by atoms with van der Waals surface area (Å²) in [4.78, 5) is 27.5. The molecule has 6 rings (SSSR count). The van der Waals surface area contributed by atoms with Crippen molar-refractivity contribution in [2.45, 2.75) is 74.2 Å². The molecule has 2 atom stereocenters. The number of halogens is 3. The molecule has 3 aliphatic rings. The molecule has 11 heteroatoms. The first kappa shape index (κ1) is 31.8. The van der Waals surface area contributed by atoms with E-state index in [0.29, 0.717) is 65.4 Å². The van der Waals surface area contributed by atoms with Crippen molar-refractivity contribution in [2.75, 3.05) is 6.54 Å². The molecular formula is C34H34Cl2FNO6S. The summed E-state index contributed by atoms with van der Waals surface area (Å²) in [5.41, 5.74) is 1.37. The van der Waals surface area contributed by atoms with Gasteiger partial charge in [0, 0.05) is 27.6 Å². The van der Waals surface area contributed by atoms with E-state index in [1.54, 1.807) is 35.2 Å². The number of benzene rings is 3. The number of carboxylic acid groups (broad SMARTS) is 1. The van der Waals surface area contributed by atoms with E-state index in [0.717, 1.165) is 17.7 Å². The third-order valence-corrected chi connectivity index (χ3v) is 13.2. The molecule has 1 amide bonds. The average molecular weight is 675 g/mol. The summed E-state index contributed by atoms with van der Waals surface area (Å²) in [6, 6.07) is 14.7. The Bertz CT molecular complexity index is 1760. The summed E-state index contributed by atoms with van der Waals surface area (Å²) in [5, 5.41) is 10.5. The van der Waals surface area contributed by atoms with Gasteiger partial charge in [0.1, 0.15) is 22.9 Å². The van der Waals surface area contributed by atoms with E-state index in [-0.39, 0.29) is 30.4 Å². The summed E-state index contributed by atoms with van der Waals surface area (Å²) in [6.45, 7) is 2.28. The molecule has 1 N–H and O–H groups in total. The van der Waals surface area contributed by atoms with Crippen molar-refractivity contribution in [2.24, 2.45) is 11.3 Å². The van der Waals surface area contributed by atoms with E-state index in [9.17, 15) is 27.5 Å². The lowest BCUT2D eigenvalue weighted by atomic mass is 9.70. The maximum atomic E-state index is 14.7. The quantitative estimate of drug-likeness (QED) is 0.266. The van der Waals surface area contributed by atoms with Crippen LogP contribution in [0.4, 0.5) is 4.39 Å². The van der Waals surface area contributed by atoms with Gasteiger partial charge < -0.3 is 14.7 Å². The molecule has 0 bridgehead atoms. The Labute approximate surface area is 272 Å². The number of nitrogens with zero attached hydrogens (tertiary/aromatic N) is 1. The molecular weight excluding hydrogens is 640 g/mol. The highest BCUT2D eigenvalue weighted by atomic mass is 35.5. The Morgan fingerprint density at radius 3 is 2.40 bits per heavy atom. The molecule has 3 aromatic carbocycles. The van der Waals surface area contributed by atoms with Crippen LogP contribution >= 0.6 is 23.2 Å². The monoisotopic (exact) mass is 673 g/mol. The normalized spacial score (nSPS) is 26.2. The Hall–Kier alpha value is -3.14. The van der Waals surface area contributed by atoms with E-state index in [1.165, 1.54) is 12.1 Å². The number of ether oxygens (including phenoxy) is 1. The van der Waals surface area contributed by atoms with Crippen molar-refractivity contribution in [1.29, 1.82) is 0 Å². The van der Waals surface area contributed by atoms with Crippen LogP contribution in [0.5, 0.6) is 5.75 Å². The van der Waals surface area contributed by atoms with Gasteiger partial charge in [-0.15, -0.1) is 0 Å². The molecule has 2 aliphatic carbocycles. The SMILES string of the molecule is C[C@]1(C(=O)N2CC[C@@]3(S(=O)(=O)c4ccc(F)cc4)c4ccc(OCc5cc(Cl)ccc5Cl)cc4CC[C@@H]23)CC[C@H](C(=O)O)CC1. The maximum absolute atomic E-state index is 14.7. The minimum Gasteiger partial charge on any atom is -0.489 e. The van der Waals surface area contributed by atoms with Gasteiger partial charge in [-0.25, -0.2) is 12.8 Å². The van der Waals surface area contributed by atoms with Crippen LogP contribution in [0.15, 0.2) is 65.6 Å². The van der Waals surface area contributed by atoms with Crippen LogP contribution in [0.2, 0.25) is 10.0 Å². The van der Waals surface area contributed by atoms with Crippen molar-refractivity contribution < 1.29 is 32.2 Å². The number of fused-ring (bicyclic) bond motifs is 3. The third kappa shape index (κ3) is 5.51. The van der Waals surface area contributed by atoms with E-state index in [1.807, 2.05) is 13.0 Å². The first-order valence-corrected chi connectivity index (χ1v) is 17.3. The number of amides is 1. The van der Waals surface area contributed by atoms with Crippen LogP contribution in [-0.2, 0) is 37.2 Å². The minimum atomic E-state index is -4.12. The number of likely N-dealkylation sites (tertiary alicyclic amines) is 1. The van der Waals surface area contributed by atoms with Gasteiger partial charge in [-0.2, -0.15) is 0 Å². The van der Waals surface area contributed by atoms with Crippen LogP contribution < -0.4 is 4.74 Å². The third-order valence-electron chi connectivity index (χ3n) is 10.1. The van der Waals surface area contributed by atoms with Gasteiger partial charge in [-0.3, -0.25) is 9.59 Å². The number of carboxylic acids is 1. The van der Waals surface area contributed by atoms with Crippen molar-refractivity contribution in [1.82, 2.24) is 4.90 Å². The Kier molecular flexibility index (Phi) is 8.42. The molecule has 45 heavy (non-hydrogen) atoms. The minimum absolute atomic E-state index is 0.000141. The molecule has 3 aromatic rings. The molecule has 0 unspecified atom stereocenters. The topological polar surface area (TPSA) is 101 Å². The molecule has 1 saturated carbocycles. The van der Waals surface area contributed by atoms with Gasteiger partial charge in [-0.1, -0.05) is 36.2 Å². The van der Waals surface area contributed by atoms with E-state index in [2.05, 4.69) is 0 Å². The average Bonchev–Trinajstić information content (AvgIpc) is 3.43. The fourth-order valence-corrected chi connectivity index (χ4v) is 10.3. The van der Waals surface area contributed by atoms with Gasteiger partial charge in [0.05, 0.1) is 16.9 Å². The second-order valence-electron chi connectivity index (χ2n) is 12.7. The smallest absolute Gasteiger partial charge is 0.306 e. The zero-order valence-corrected chi connectivity index (χ0v) is 27.1. The second-order valence-corrected chi connectivity index (χ2v) is 15.7. The Morgan fingerprint density at radius 1 is 1.00 bits per heavy atom. The molecule has 1 aliphatic heterocycles. The summed E-state index contributed by atoms with van der Waals surface area (Å²) in [5.74, 6) is -1.45. The summed E-state index contributed by atoms with van der Waals surface area (Å²) in [6.07, 6.45) is 2.79. The highest BCUT2D eigenvalue weighted by Gasteiger charge is 2.62. The van der Waals surface area contributed by atoms with Gasteiger partial charge >= 0.3 is 5.97 Å². The van der Waals surface area contributed by atoms with Crippen molar-refractivity contribution >= 4 is 44.9 Å². The molecule has 238 valence electrons. The molecule has 1 saturated heterocycles. The molecule has 1 heterocycles. The Balaban J connectivity index is 1.36. The highest BCUT2D eigenvalue weighted by molar-refractivity contribution is 7.92. The van der Waals surface area contributed by atoms with Gasteiger partial charge in [0.2, 0.25) is 5.91 Å². The van der Waals surface area contributed by atoms with Gasteiger partial charge in [-0.05, 0) is 111 Å². The van der Waals surface area contributed by atoms with E-state index in [4.69, 9.17) is 27.9 Å². The summed E-state index contributed by atoms with van der Waals surface area (Å²) < 4.78 is 47.9. The fourth-order valence-electron chi connectivity index (χ4n) is 7.54. The number of carbonyl (C=O) groups excluding carboxylic acids is 1. The van der Waals surface area contributed by atoms with Crippen LogP contribution in [0.3, 0.4) is 0 Å². The number of aliphatic carboxylic acids is 1. The van der Waals surface area contributed by atoms with Crippen LogP contribution in [-0.4, -0.2) is 42.9 Å². The largest absolute Gasteiger partial charge is 0.489 e. The molecule has 2 fully saturated rings. The Morgan fingerprint density at radius 2 is 1.71 bits per heavy atom. The first-order valence-electron chi connectivity index (χ1n) is 15.1. The van der Waals surface area contributed by atoms with Crippen LogP contribution in [0.25, 0.3) is 0 Å². The first-order chi connectivity index (χ1) is 21.4. The predicted molar refractivity (Wildman–Crippen MR) is 169 cm³/mol. The lowest BCUT2D eigenvalue weighted by Gasteiger charge is -2.45. The number of aryl methyl sites for hydroxylation is 1. The van der Waals surface area contributed by atoms with Crippen LogP contribution in [0, 0.1) is 17.2 Å². The van der Waals surface area contributed by atoms with Crippen molar-refractivity contribution in [3.63, 3.8) is 0 Å².